The fraction of sp³-hybridized carbons (Fsp3) is 0. The standard InChI is InChI=1S/C16H13ClN2O2/c17-12-7-5-11(6-8-12)15(20)9-10-19-14-4-2-1-3-13(14)16(18)21/h1-10,19H,(H2,18,21). The second kappa shape index (κ2) is 6.72. The Morgan fingerprint density at radius 3 is 2.38 bits per heavy atom. The molecule has 0 spiro atoms. The molecule has 0 radical (unpaired) electrons. The number of rotatable bonds is 5. The highest BCUT2D eigenvalue weighted by Crippen LogP contribution is 2.14. The summed E-state index contributed by atoms with van der Waals surface area (Å²) >= 11 is 5.76. The number of nitrogens with two attached hydrogens (primary N) is 1. The van der Waals surface area contributed by atoms with Gasteiger partial charge in [-0.15, -0.1) is 0 Å². The molecule has 2 aromatic rings. The molecule has 0 aliphatic heterocycles. The van der Waals surface area contributed by atoms with Crippen LogP contribution in [0.3, 0.4) is 0 Å². The smallest absolute Gasteiger partial charge is 0.250 e. The molecule has 0 aliphatic rings. The molecule has 4 nitrogen and oxygen atoms in total. The second-order valence-corrected chi connectivity index (χ2v) is 4.70. The van der Waals surface area contributed by atoms with Crippen molar-refractivity contribution < 1.29 is 9.59 Å². The monoisotopic (exact) mass is 300 g/mol. The van der Waals surface area contributed by atoms with Crippen LogP contribution in [0.2, 0.25) is 5.02 Å². The first-order valence-corrected chi connectivity index (χ1v) is 6.57. The van der Waals surface area contributed by atoms with E-state index in [1.807, 2.05) is 0 Å². The van der Waals surface area contributed by atoms with E-state index in [9.17, 15) is 9.59 Å². The molecule has 0 bridgehead atoms. The van der Waals surface area contributed by atoms with Crippen LogP contribution < -0.4 is 11.1 Å². The van der Waals surface area contributed by atoms with Gasteiger partial charge in [0.15, 0.2) is 5.78 Å². The van der Waals surface area contributed by atoms with Gasteiger partial charge in [-0.05, 0) is 36.4 Å². The molecule has 0 aromatic heterocycles. The highest BCUT2D eigenvalue weighted by Gasteiger charge is 2.05. The molecule has 3 N–H and O–H groups in total. The molecule has 2 aromatic carbocycles. The summed E-state index contributed by atoms with van der Waals surface area (Å²) in [6, 6.07) is 13.4. The summed E-state index contributed by atoms with van der Waals surface area (Å²) in [7, 11) is 0. The number of carbonyl (C=O) groups excluding carboxylic acids is 2. The van der Waals surface area contributed by atoms with Gasteiger partial charge >= 0.3 is 0 Å². The van der Waals surface area contributed by atoms with Crippen LogP contribution in [0.15, 0.2) is 60.8 Å². The first kappa shape index (κ1) is 14.8. The summed E-state index contributed by atoms with van der Waals surface area (Å²) in [4.78, 5) is 23.2. The Kier molecular flexibility index (Phi) is 4.74. The molecule has 0 fully saturated rings. The molecule has 21 heavy (non-hydrogen) atoms. The average molecular weight is 301 g/mol. The maximum Gasteiger partial charge on any atom is 0.250 e. The van der Waals surface area contributed by atoms with Gasteiger partial charge in [0.25, 0.3) is 5.91 Å². The number of benzene rings is 2. The molecule has 1 amide bonds. The van der Waals surface area contributed by atoms with Crippen molar-refractivity contribution in [3.63, 3.8) is 0 Å². The highest BCUT2D eigenvalue weighted by molar-refractivity contribution is 6.30. The van der Waals surface area contributed by atoms with E-state index in [1.165, 1.54) is 12.3 Å². The van der Waals surface area contributed by atoms with Crippen LogP contribution in [-0.4, -0.2) is 11.7 Å². The van der Waals surface area contributed by atoms with Gasteiger partial charge in [0.05, 0.1) is 11.3 Å². The Labute approximate surface area is 127 Å². The molecule has 0 saturated carbocycles. The predicted molar refractivity (Wildman–Crippen MR) is 83.5 cm³/mol. The Balaban J connectivity index is 2.07. The molecule has 0 aliphatic carbocycles. The number of allylic oxidation sites excluding steroid dienone is 1. The topological polar surface area (TPSA) is 72.2 Å². The lowest BCUT2D eigenvalue weighted by Gasteiger charge is -2.05. The summed E-state index contributed by atoms with van der Waals surface area (Å²) in [5.74, 6) is -0.703. The maximum absolute atomic E-state index is 11.9. The number of anilines is 1. The van der Waals surface area contributed by atoms with Gasteiger partial charge in [-0.2, -0.15) is 0 Å². The van der Waals surface area contributed by atoms with E-state index in [0.717, 1.165) is 0 Å². The molecule has 106 valence electrons. The Morgan fingerprint density at radius 2 is 1.71 bits per heavy atom. The van der Waals surface area contributed by atoms with Crippen LogP contribution in [0, 0.1) is 0 Å². The van der Waals surface area contributed by atoms with E-state index in [0.29, 0.717) is 21.8 Å². The van der Waals surface area contributed by atoms with E-state index < -0.39 is 5.91 Å². The second-order valence-electron chi connectivity index (χ2n) is 4.26. The number of nitrogens with one attached hydrogen (secondary N) is 1. The van der Waals surface area contributed by atoms with E-state index in [2.05, 4.69) is 5.32 Å². The Morgan fingerprint density at radius 1 is 1.05 bits per heavy atom. The van der Waals surface area contributed by atoms with Gasteiger partial charge < -0.3 is 11.1 Å². The van der Waals surface area contributed by atoms with Gasteiger partial charge in [-0.25, -0.2) is 0 Å². The van der Waals surface area contributed by atoms with E-state index in [4.69, 9.17) is 17.3 Å². The molecule has 2 rings (SSSR count). The van der Waals surface area contributed by atoms with Crippen LogP contribution in [0.5, 0.6) is 0 Å². The summed E-state index contributed by atoms with van der Waals surface area (Å²) in [6.07, 6.45) is 2.85. The number of amides is 1. The number of halogens is 1. The average Bonchev–Trinajstić information content (AvgIpc) is 2.48. The van der Waals surface area contributed by atoms with Gasteiger partial charge in [-0.3, -0.25) is 9.59 Å². The highest BCUT2D eigenvalue weighted by atomic mass is 35.5. The van der Waals surface area contributed by atoms with Crippen LogP contribution >= 0.6 is 11.6 Å². The number of ketones is 1. The van der Waals surface area contributed by atoms with Gasteiger partial charge in [0, 0.05) is 22.9 Å². The van der Waals surface area contributed by atoms with Crippen molar-refractivity contribution in [1.82, 2.24) is 0 Å². The number of primary amides is 1. The van der Waals surface area contributed by atoms with Crippen molar-refractivity contribution in [3.05, 3.63) is 77.0 Å². The van der Waals surface area contributed by atoms with E-state index >= 15 is 0 Å². The van der Waals surface area contributed by atoms with Crippen LogP contribution in [-0.2, 0) is 0 Å². The molecule has 0 heterocycles. The summed E-state index contributed by atoms with van der Waals surface area (Å²) in [5, 5.41) is 3.45. The largest absolute Gasteiger partial charge is 0.366 e. The molecule has 0 saturated heterocycles. The third-order valence-electron chi connectivity index (χ3n) is 2.79. The summed E-state index contributed by atoms with van der Waals surface area (Å²) in [5.41, 5.74) is 6.71. The summed E-state index contributed by atoms with van der Waals surface area (Å²) in [6.45, 7) is 0. The minimum Gasteiger partial charge on any atom is -0.366 e. The molecule has 0 atom stereocenters. The molecule has 0 unspecified atom stereocenters. The van der Waals surface area contributed by atoms with Crippen LogP contribution in [0.1, 0.15) is 20.7 Å². The molecular formula is C16H13ClN2O2. The van der Waals surface area contributed by atoms with Crippen molar-refractivity contribution in [3.8, 4) is 0 Å². The van der Waals surface area contributed by atoms with Crippen molar-refractivity contribution in [2.75, 3.05) is 5.32 Å². The molecule has 5 heteroatoms. The number of para-hydroxylation sites is 1. The third-order valence-corrected chi connectivity index (χ3v) is 3.05. The minimum atomic E-state index is -0.532. The van der Waals surface area contributed by atoms with Gasteiger partial charge in [-0.1, -0.05) is 23.7 Å². The first-order valence-electron chi connectivity index (χ1n) is 6.20. The fourth-order valence-electron chi connectivity index (χ4n) is 1.74. The van der Waals surface area contributed by atoms with Crippen molar-refractivity contribution in [2.45, 2.75) is 0 Å². The Hall–Kier alpha value is -2.59. The number of hydrogen-bond acceptors (Lipinski definition) is 3. The van der Waals surface area contributed by atoms with Crippen molar-refractivity contribution in [2.24, 2.45) is 5.73 Å². The third kappa shape index (κ3) is 3.94. The summed E-state index contributed by atoms with van der Waals surface area (Å²) < 4.78 is 0. The van der Waals surface area contributed by atoms with Gasteiger partial charge in [0.2, 0.25) is 0 Å². The normalized spacial score (nSPS) is 10.5. The van der Waals surface area contributed by atoms with E-state index in [1.54, 1.807) is 48.5 Å². The lowest BCUT2D eigenvalue weighted by molar-refractivity contribution is 0.0999. The SMILES string of the molecule is NC(=O)c1ccccc1NC=CC(=O)c1ccc(Cl)cc1. The molecular weight excluding hydrogens is 288 g/mol. The first-order chi connectivity index (χ1) is 10.1. The lowest BCUT2D eigenvalue weighted by Crippen LogP contribution is -2.13. The van der Waals surface area contributed by atoms with Crippen molar-refractivity contribution in [1.29, 1.82) is 0 Å². The zero-order valence-corrected chi connectivity index (χ0v) is 11.8. The quantitative estimate of drug-likeness (QED) is 0.657. The minimum absolute atomic E-state index is 0.171. The Bertz CT molecular complexity index is 694. The van der Waals surface area contributed by atoms with E-state index in [-0.39, 0.29) is 5.78 Å². The lowest BCUT2D eigenvalue weighted by atomic mass is 10.1. The van der Waals surface area contributed by atoms with Gasteiger partial charge in [0.1, 0.15) is 0 Å². The maximum atomic E-state index is 11.9. The fourth-order valence-corrected chi connectivity index (χ4v) is 1.87. The number of hydrogen-bond donors (Lipinski definition) is 2. The zero-order valence-electron chi connectivity index (χ0n) is 11.0. The predicted octanol–water partition coefficient (Wildman–Crippen LogP) is 3.25. The van der Waals surface area contributed by atoms with Crippen LogP contribution in [0.25, 0.3) is 0 Å². The zero-order chi connectivity index (χ0) is 15.2. The van der Waals surface area contributed by atoms with Crippen LogP contribution in [0.4, 0.5) is 5.69 Å². The van der Waals surface area contributed by atoms with Crippen molar-refractivity contribution >= 4 is 29.0 Å². The number of carbonyl (C=O) groups is 2.